The lowest BCUT2D eigenvalue weighted by molar-refractivity contribution is -0.115. The monoisotopic (exact) mass is 282 g/mol. The number of hydrogen-bond donors (Lipinski definition) is 2. The van der Waals surface area contributed by atoms with Crippen LogP contribution in [0.15, 0.2) is 42.5 Å². The summed E-state index contributed by atoms with van der Waals surface area (Å²) in [6.07, 6.45) is 0.446. The SMILES string of the molecule is Cc1cc(C)cc(NCCC(=O)Nc2ccccc2C)c1. The van der Waals surface area contributed by atoms with Gasteiger partial charge in [-0.3, -0.25) is 4.79 Å². The molecule has 0 aliphatic carbocycles. The van der Waals surface area contributed by atoms with Crippen LogP contribution in [0.2, 0.25) is 0 Å². The molecule has 1 amide bonds. The van der Waals surface area contributed by atoms with E-state index in [0.29, 0.717) is 13.0 Å². The maximum absolute atomic E-state index is 11.9. The summed E-state index contributed by atoms with van der Waals surface area (Å²) in [5, 5.41) is 6.24. The molecule has 3 nitrogen and oxygen atoms in total. The van der Waals surface area contributed by atoms with Gasteiger partial charge in [-0.15, -0.1) is 0 Å². The van der Waals surface area contributed by atoms with E-state index in [9.17, 15) is 4.79 Å². The first-order chi connectivity index (χ1) is 10.0. The molecule has 2 N–H and O–H groups in total. The van der Waals surface area contributed by atoms with Crippen LogP contribution in [0.4, 0.5) is 11.4 Å². The number of carbonyl (C=O) groups is 1. The Morgan fingerprint density at radius 2 is 1.67 bits per heavy atom. The van der Waals surface area contributed by atoms with Crippen LogP contribution >= 0.6 is 0 Å². The molecule has 3 heteroatoms. The number of nitrogens with one attached hydrogen (secondary N) is 2. The van der Waals surface area contributed by atoms with Crippen molar-refractivity contribution in [3.8, 4) is 0 Å². The van der Waals surface area contributed by atoms with Crippen LogP contribution in [-0.4, -0.2) is 12.5 Å². The summed E-state index contributed by atoms with van der Waals surface area (Å²) in [7, 11) is 0. The molecule has 2 rings (SSSR count). The van der Waals surface area contributed by atoms with E-state index in [4.69, 9.17) is 0 Å². The maximum atomic E-state index is 11.9. The Morgan fingerprint density at radius 1 is 1.00 bits per heavy atom. The van der Waals surface area contributed by atoms with Crippen molar-refractivity contribution in [3.05, 3.63) is 59.2 Å². The van der Waals surface area contributed by atoms with Crippen molar-refractivity contribution in [2.75, 3.05) is 17.2 Å². The summed E-state index contributed by atoms with van der Waals surface area (Å²) < 4.78 is 0. The number of para-hydroxylation sites is 1. The third-order valence-electron chi connectivity index (χ3n) is 3.32. The Hall–Kier alpha value is -2.29. The standard InChI is InChI=1S/C18H22N2O/c1-13-10-14(2)12-16(11-13)19-9-8-18(21)20-17-7-5-4-6-15(17)3/h4-7,10-12,19H,8-9H2,1-3H3,(H,20,21). The van der Waals surface area contributed by atoms with Crippen molar-refractivity contribution in [1.82, 2.24) is 0 Å². The van der Waals surface area contributed by atoms with Gasteiger partial charge < -0.3 is 10.6 Å². The number of hydrogen-bond acceptors (Lipinski definition) is 2. The van der Waals surface area contributed by atoms with Gasteiger partial charge in [0.05, 0.1) is 0 Å². The van der Waals surface area contributed by atoms with Crippen molar-refractivity contribution in [1.29, 1.82) is 0 Å². The van der Waals surface area contributed by atoms with Crippen molar-refractivity contribution in [2.24, 2.45) is 0 Å². The van der Waals surface area contributed by atoms with Crippen molar-refractivity contribution in [2.45, 2.75) is 27.2 Å². The molecule has 0 saturated heterocycles. The van der Waals surface area contributed by atoms with E-state index >= 15 is 0 Å². The van der Waals surface area contributed by atoms with Gasteiger partial charge in [-0.25, -0.2) is 0 Å². The lowest BCUT2D eigenvalue weighted by atomic mass is 10.1. The molecular formula is C18H22N2O. The van der Waals surface area contributed by atoms with E-state index < -0.39 is 0 Å². The zero-order valence-electron chi connectivity index (χ0n) is 12.9. The zero-order valence-corrected chi connectivity index (χ0v) is 12.9. The zero-order chi connectivity index (χ0) is 15.2. The van der Waals surface area contributed by atoms with Gasteiger partial charge in [-0.2, -0.15) is 0 Å². The highest BCUT2D eigenvalue weighted by atomic mass is 16.1. The molecule has 0 unspecified atom stereocenters. The molecule has 0 aliphatic heterocycles. The van der Waals surface area contributed by atoms with Gasteiger partial charge in [0.25, 0.3) is 0 Å². The molecule has 0 spiro atoms. The fourth-order valence-corrected chi connectivity index (χ4v) is 2.32. The Morgan fingerprint density at radius 3 is 2.33 bits per heavy atom. The topological polar surface area (TPSA) is 41.1 Å². The van der Waals surface area contributed by atoms with Gasteiger partial charge in [-0.05, 0) is 55.7 Å². The second kappa shape index (κ2) is 6.93. The Bertz CT molecular complexity index is 615. The van der Waals surface area contributed by atoms with E-state index in [1.165, 1.54) is 11.1 Å². The third kappa shape index (κ3) is 4.63. The smallest absolute Gasteiger partial charge is 0.226 e. The number of aryl methyl sites for hydroxylation is 3. The number of amides is 1. The molecule has 0 aromatic heterocycles. The van der Waals surface area contributed by atoms with Gasteiger partial charge in [0.15, 0.2) is 0 Å². The molecule has 0 atom stereocenters. The summed E-state index contributed by atoms with van der Waals surface area (Å²) in [5.74, 6) is 0.0289. The van der Waals surface area contributed by atoms with E-state index in [-0.39, 0.29) is 5.91 Å². The van der Waals surface area contributed by atoms with Crippen LogP contribution in [0, 0.1) is 20.8 Å². The van der Waals surface area contributed by atoms with Crippen molar-refractivity contribution >= 4 is 17.3 Å². The molecule has 0 aliphatic rings. The van der Waals surface area contributed by atoms with Gasteiger partial charge in [0.2, 0.25) is 5.91 Å². The molecule has 0 radical (unpaired) electrons. The first-order valence-corrected chi connectivity index (χ1v) is 7.22. The number of benzene rings is 2. The highest BCUT2D eigenvalue weighted by Crippen LogP contribution is 2.15. The van der Waals surface area contributed by atoms with Gasteiger partial charge in [-0.1, -0.05) is 24.3 Å². The quantitative estimate of drug-likeness (QED) is 0.868. The van der Waals surface area contributed by atoms with Crippen molar-refractivity contribution in [3.63, 3.8) is 0 Å². The number of carbonyl (C=O) groups excluding carboxylic acids is 1. The highest BCUT2D eigenvalue weighted by molar-refractivity contribution is 5.91. The largest absolute Gasteiger partial charge is 0.385 e. The van der Waals surface area contributed by atoms with E-state index in [2.05, 4.69) is 42.7 Å². The fourth-order valence-electron chi connectivity index (χ4n) is 2.32. The lowest BCUT2D eigenvalue weighted by Gasteiger charge is -2.10. The van der Waals surface area contributed by atoms with Crippen LogP contribution in [0.25, 0.3) is 0 Å². The van der Waals surface area contributed by atoms with E-state index in [0.717, 1.165) is 16.9 Å². The number of anilines is 2. The summed E-state index contributed by atoms with van der Waals surface area (Å²) in [6, 6.07) is 14.1. The normalized spacial score (nSPS) is 10.2. The van der Waals surface area contributed by atoms with Crippen LogP contribution in [0.1, 0.15) is 23.1 Å². The maximum Gasteiger partial charge on any atom is 0.226 e. The van der Waals surface area contributed by atoms with Gasteiger partial charge in [0.1, 0.15) is 0 Å². The third-order valence-corrected chi connectivity index (χ3v) is 3.32. The minimum absolute atomic E-state index is 0.0289. The second-order valence-electron chi connectivity index (χ2n) is 5.42. The molecule has 0 fully saturated rings. The average Bonchev–Trinajstić information content (AvgIpc) is 2.40. The summed E-state index contributed by atoms with van der Waals surface area (Å²) in [4.78, 5) is 11.9. The summed E-state index contributed by atoms with van der Waals surface area (Å²) >= 11 is 0. The molecule has 2 aromatic rings. The molecule has 2 aromatic carbocycles. The van der Waals surface area contributed by atoms with Crippen LogP contribution < -0.4 is 10.6 Å². The van der Waals surface area contributed by atoms with E-state index in [1.54, 1.807) is 0 Å². The minimum Gasteiger partial charge on any atom is -0.385 e. The highest BCUT2D eigenvalue weighted by Gasteiger charge is 2.04. The number of rotatable bonds is 5. The Balaban J connectivity index is 1.83. The average molecular weight is 282 g/mol. The molecule has 0 saturated carbocycles. The predicted molar refractivity (Wildman–Crippen MR) is 88.8 cm³/mol. The minimum atomic E-state index is 0.0289. The molecule has 110 valence electrons. The lowest BCUT2D eigenvalue weighted by Crippen LogP contribution is -2.16. The van der Waals surface area contributed by atoms with Crippen LogP contribution in [0.3, 0.4) is 0 Å². The van der Waals surface area contributed by atoms with E-state index in [1.807, 2.05) is 31.2 Å². The Kier molecular flexibility index (Phi) is 4.99. The van der Waals surface area contributed by atoms with Crippen LogP contribution in [0.5, 0.6) is 0 Å². The first kappa shape index (κ1) is 15.1. The van der Waals surface area contributed by atoms with Gasteiger partial charge >= 0.3 is 0 Å². The molecule has 0 heterocycles. The predicted octanol–water partition coefficient (Wildman–Crippen LogP) is 4.05. The second-order valence-corrected chi connectivity index (χ2v) is 5.42. The van der Waals surface area contributed by atoms with Gasteiger partial charge in [0, 0.05) is 24.3 Å². The van der Waals surface area contributed by atoms with Crippen molar-refractivity contribution < 1.29 is 4.79 Å². The van der Waals surface area contributed by atoms with Crippen LogP contribution in [-0.2, 0) is 4.79 Å². The first-order valence-electron chi connectivity index (χ1n) is 7.22. The fraction of sp³-hybridized carbons (Fsp3) is 0.278. The summed E-state index contributed by atoms with van der Waals surface area (Å²) in [5.41, 5.74) is 5.47. The molecule has 0 bridgehead atoms. The molecular weight excluding hydrogens is 260 g/mol. The molecule has 21 heavy (non-hydrogen) atoms. The summed E-state index contributed by atoms with van der Waals surface area (Å²) in [6.45, 7) is 6.76. The Labute approximate surface area is 126 Å².